The number of carbonyl (C=O) groups is 3. The monoisotopic (exact) mass is 436 g/mol. The Hall–Kier alpha value is -3.39. The number of rotatable bonds is 8. The number of ether oxygens (including phenoxy) is 1. The van der Waals surface area contributed by atoms with Crippen LogP contribution in [-0.4, -0.2) is 58.5 Å². The first kappa shape index (κ1) is 21.8. The van der Waals surface area contributed by atoms with Crippen molar-refractivity contribution in [1.29, 1.82) is 0 Å². The van der Waals surface area contributed by atoms with Gasteiger partial charge in [-0.1, -0.05) is 18.2 Å². The molecule has 168 valence electrons. The minimum atomic E-state index is -0.691. The van der Waals surface area contributed by atoms with E-state index in [9.17, 15) is 14.4 Å². The van der Waals surface area contributed by atoms with E-state index in [2.05, 4.69) is 10.3 Å². The number of hydrogen-bond donors (Lipinski definition) is 2. The molecule has 4 rings (SSSR count). The Morgan fingerprint density at radius 2 is 1.97 bits per heavy atom. The van der Waals surface area contributed by atoms with Crippen LogP contribution in [-0.2, 0) is 16.0 Å². The SMILES string of the molecule is COC[C@H](C)n1c(C)cc(C(=O)CN2C(=O)N[C@@H](Cc3c[nH]c4ccccc34)C2=O)c1C. The highest BCUT2D eigenvalue weighted by molar-refractivity contribution is 6.09. The number of Topliss-reactive ketones (excluding diaryl/α,β-unsaturated/α-hetero) is 1. The number of H-pyrrole nitrogens is 1. The molecule has 2 atom stereocenters. The van der Waals surface area contributed by atoms with Gasteiger partial charge in [-0.3, -0.25) is 14.5 Å². The van der Waals surface area contributed by atoms with E-state index in [0.29, 0.717) is 18.6 Å². The van der Waals surface area contributed by atoms with Crippen molar-refractivity contribution in [3.05, 3.63) is 59.0 Å². The molecule has 2 aromatic heterocycles. The Bertz CT molecular complexity index is 1190. The van der Waals surface area contributed by atoms with Crippen molar-refractivity contribution in [3.63, 3.8) is 0 Å². The zero-order valence-electron chi connectivity index (χ0n) is 18.8. The van der Waals surface area contributed by atoms with Crippen LogP contribution >= 0.6 is 0 Å². The Kier molecular flexibility index (Phi) is 5.88. The number of aryl methyl sites for hydroxylation is 1. The van der Waals surface area contributed by atoms with Crippen LogP contribution in [0, 0.1) is 13.8 Å². The maximum Gasteiger partial charge on any atom is 0.325 e. The summed E-state index contributed by atoms with van der Waals surface area (Å²) in [4.78, 5) is 42.7. The summed E-state index contributed by atoms with van der Waals surface area (Å²) in [6.07, 6.45) is 2.22. The summed E-state index contributed by atoms with van der Waals surface area (Å²) in [6, 6.07) is 8.46. The average molecular weight is 437 g/mol. The van der Waals surface area contributed by atoms with Crippen molar-refractivity contribution in [2.24, 2.45) is 0 Å². The summed E-state index contributed by atoms with van der Waals surface area (Å²) in [5, 5.41) is 3.74. The number of benzene rings is 1. The average Bonchev–Trinajstić information content (AvgIpc) is 3.38. The molecular weight excluding hydrogens is 408 g/mol. The topological polar surface area (TPSA) is 96.4 Å². The molecule has 8 heteroatoms. The minimum Gasteiger partial charge on any atom is -0.383 e. The third-order valence-electron chi connectivity index (χ3n) is 6.14. The highest BCUT2D eigenvalue weighted by atomic mass is 16.5. The lowest BCUT2D eigenvalue weighted by Crippen LogP contribution is -2.36. The first-order valence-corrected chi connectivity index (χ1v) is 10.7. The predicted molar refractivity (Wildman–Crippen MR) is 121 cm³/mol. The van der Waals surface area contributed by atoms with Crippen LogP contribution in [0.1, 0.15) is 40.3 Å². The van der Waals surface area contributed by atoms with Gasteiger partial charge in [0.05, 0.1) is 19.2 Å². The van der Waals surface area contributed by atoms with Crippen molar-refractivity contribution >= 4 is 28.6 Å². The second-order valence-electron chi connectivity index (χ2n) is 8.37. The number of amides is 3. The van der Waals surface area contributed by atoms with E-state index in [1.807, 2.05) is 61.9 Å². The highest BCUT2D eigenvalue weighted by Crippen LogP contribution is 2.23. The lowest BCUT2D eigenvalue weighted by molar-refractivity contribution is -0.127. The molecular formula is C24H28N4O4. The molecule has 3 heterocycles. The number of urea groups is 1. The molecule has 3 amide bonds. The predicted octanol–water partition coefficient (Wildman–Crippen LogP) is 3.14. The minimum absolute atomic E-state index is 0.0684. The molecule has 0 aliphatic carbocycles. The van der Waals surface area contributed by atoms with E-state index >= 15 is 0 Å². The molecule has 1 fully saturated rings. The van der Waals surface area contributed by atoms with Crippen LogP contribution in [0.25, 0.3) is 10.9 Å². The second kappa shape index (κ2) is 8.63. The smallest absolute Gasteiger partial charge is 0.325 e. The molecule has 0 bridgehead atoms. The number of aromatic amines is 1. The summed E-state index contributed by atoms with van der Waals surface area (Å²) in [6.45, 7) is 6.06. The van der Waals surface area contributed by atoms with Crippen LogP contribution < -0.4 is 5.32 Å². The summed E-state index contributed by atoms with van der Waals surface area (Å²) >= 11 is 0. The first-order valence-electron chi connectivity index (χ1n) is 10.7. The second-order valence-corrected chi connectivity index (χ2v) is 8.37. The van der Waals surface area contributed by atoms with Gasteiger partial charge in [0.1, 0.15) is 6.04 Å². The fraction of sp³-hybridized carbons (Fsp3) is 0.375. The fourth-order valence-corrected chi connectivity index (χ4v) is 4.67. The van der Waals surface area contributed by atoms with E-state index in [-0.39, 0.29) is 24.3 Å². The van der Waals surface area contributed by atoms with Gasteiger partial charge in [-0.05, 0) is 38.5 Å². The van der Waals surface area contributed by atoms with Crippen molar-refractivity contribution in [1.82, 2.24) is 19.8 Å². The van der Waals surface area contributed by atoms with Gasteiger partial charge >= 0.3 is 6.03 Å². The van der Waals surface area contributed by atoms with Gasteiger partial charge in [0.25, 0.3) is 5.91 Å². The molecule has 2 N–H and O–H groups in total. The van der Waals surface area contributed by atoms with Crippen LogP contribution in [0.5, 0.6) is 0 Å². The zero-order valence-corrected chi connectivity index (χ0v) is 18.8. The van der Waals surface area contributed by atoms with Gasteiger partial charge in [0.2, 0.25) is 0 Å². The standard InChI is InChI=1S/C24H28N4O4/c1-14-9-19(16(3)28(14)15(2)13-32-4)22(29)12-27-23(30)21(26-24(27)31)10-17-11-25-20-8-6-5-7-18(17)20/h5-9,11,15,21,25H,10,12-13H2,1-4H3,(H,26,31)/t15-,21-/m0/s1. The van der Waals surface area contributed by atoms with Gasteiger partial charge < -0.3 is 19.6 Å². The largest absolute Gasteiger partial charge is 0.383 e. The van der Waals surface area contributed by atoms with E-state index in [0.717, 1.165) is 32.8 Å². The lowest BCUT2D eigenvalue weighted by atomic mass is 10.0. The summed E-state index contributed by atoms with van der Waals surface area (Å²) in [5.74, 6) is -0.639. The zero-order chi connectivity index (χ0) is 23.0. The quantitative estimate of drug-likeness (QED) is 0.419. The normalized spacial score (nSPS) is 17.2. The van der Waals surface area contributed by atoms with Gasteiger partial charge in [-0.2, -0.15) is 0 Å². The number of methoxy groups -OCH3 is 1. The van der Waals surface area contributed by atoms with Gasteiger partial charge in [0.15, 0.2) is 5.78 Å². The van der Waals surface area contributed by atoms with Gasteiger partial charge in [-0.15, -0.1) is 0 Å². The van der Waals surface area contributed by atoms with E-state index in [1.165, 1.54) is 0 Å². The van der Waals surface area contributed by atoms with Crippen LogP contribution in [0.2, 0.25) is 0 Å². The molecule has 8 nitrogen and oxygen atoms in total. The summed E-state index contributed by atoms with van der Waals surface area (Å²) in [5.41, 5.74) is 4.18. The van der Waals surface area contributed by atoms with Gasteiger partial charge in [0, 0.05) is 47.6 Å². The molecule has 0 unspecified atom stereocenters. The van der Waals surface area contributed by atoms with Crippen LogP contribution in [0.4, 0.5) is 4.79 Å². The molecule has 1 saturated heterocycles. The number of aromatic nitrogens is 2. The molecule has 1 aliphatic rings. The molecule has 0 radical (unpaired) electrons. The van der Waals surface area contributed by atoms with Crippen LogP contribution in [0.3, 0.4) is 0 Å². The van der Waals surface area contributed by atoms with Gasteiger partial charge in [-0.25, -0.2) is 4.79 Å². The Morgan fingerprint density at radius 3 is 2.72 bits per heavy atom. The molecule has 0 spiro atoms. The third-order valence-corrected chi connectivity index (χ3v) is 6.14. The number of hydrogen-bond acceptors (Lipinski definition) is 4. The van der Waals surface area contributed by atoms with E-state index in [4.69, 9.17) is 4.74 Å². The first-order chi connectivity index (χ1) is 15.3. The van der Waals surface area contributed by atoms with Crippen molar-refractivity contribution in [2.45, 2.75) is 39.3 Å². The number of imide groups is 1. The maximum atomic E-state index is 13.0. The highest BCUT2D eigenvalue weighted by Gasteiger charge is 2.39. The van der Waals surface area contributed by atoms with E-state index < -0.39 is 12.1 Å². The van der Waals surface area contributed by atoms with E-state index in [1.54, 1.807) is 7.11 Å². The molecule has 3 aromatic rings. The Morgan fingerprint density at radius 1 is 1.22 bits per heavy atom. The van der Waals surface area contributed by atoms with Crippen molar-refractivity contribution < 1.29 is 19.1 Å². The van der Waals surface area contributed by atoms with Crippen molar-refractivity contribution in [2.75, 3.05) is 20.3 Å². The van der Waals surface area contributed by atoms with Crippen LogP contribution in [0.15, 0.2) is 36.5 Å². The number of ketones is 1. The molecule has 1 aromatic carbocycles. The molecule has 1 aliphatic heterocycles. The third kappa shape index (κ3) is 3.82. The lowest BCUT2D eigenvalue weighted by Gasteiger charge is -2.18. The number of nitrogens with one attached hydrogen (secondary N) is 2. The number of carbonyl (C=O) groups excluding carboxylic acids is 3. The van der Waals surface area contributed by atoms with Crippen molar-refractivity contribution in [3.8, 4) is 0 Å². The Labute approximate surface area is 186 Å². The molecule has 32 heavy (non-hydrogen) atoms. The summed E-state index contributed by atoms with van der Waals surface area (Å²) < 4.78 is 7.29. The number of nitrogens with zero attached hydrogens (tertiary/aromatic N) is 2. The molecule has 0 saturated carbocycles. The number of para-hydroxylation sites is 1. The number of fused-ring (bicyclic) bond motifs is 1. The summed E-state index contributed by atoms with van der Waals surface area (Å²) in [7, 11) is 1.64. The fourth-order valence-electron chi connectivity index (χ4n) is 4.67. The maximum absolute atomic E-state index is 13.0. The Balaban J connectivity index is 1.49.